The fourth-order valence-electron chi connectivity index (χ4n) is 2.24. The van der Waals surface area contributed by atoms with Gasteiger partial charge in [0, 0.05) is 12.1 Å². The molecule has 0 saturated heterocycles. The van der Waals surface area contributed by atoms with Gasteiger partial charge in [0.1, 0.15) is 17.2 Å². The number of aromatic amines is 1. The van der Waals surface area contributed by atoms with Gasteiger partial charge in [-0.15, -0.1) is 0 Å². The van der Waals surface area contributed by atoms with E-state index < -0.39 is 10.8 Å². The minimum Gasteiger partial charge on any atom is -0.457 e. The number of non-ortho nitro benzene ring substituents is 1. The smallest absolute Gasteiger partial charge is 0.275 e. The average molecular weight is 373 g/mol. The lowest BCUT2D eigenvalue weighted by Crippen LogP contribution is -2.13. The highest BCUT2D eigenvalue weighted by Gasteiger charge is 2.16. The summed E-state index contributed by atoms with van der Waals surface area (Å²) in [5.41, 5.74) is 0.897. The highest BCUT2D eigenvalue weighted by Crippen LogP contribution is 2.31. The number of nitro groups is 1. The van der Waals surface area contributed by atoms with Gasteiger partial charge in [0.05, 0.1) is 27.9 Å². The van der Waals surface area contributed by atoms with Gasteiger partial charge in [0.25, 0.3) is 11.6 Å². The summed E-state index contributed by atoms with van der Waals surface area (Å²) in [6, 6.07) is 11.3. The quantitative estimate of drug-likeness (QED) is 0.511. The van der Waals surface area contributed by atoms with Gasteiger partial charge in [0.15, 0.2) is 0 Å². The van der Waals surface area contributed by atoms with Crippen LogP contribution in [-0.2, 0) is 0 Å². The van der Waals surface area contributed by atoms with Gasteiger partial charge >= 0.3 is 0 Å². The van der Waals surface area contributed by atoms with E-state index in [9.17, 15) is 14.9 Å². The monoisotopic (exact) mass is 372 g/mol. The predicted octanol–water partition coefficient (Wildman–Crippen LogP) is 4.32. The number of hydrogen-bond donors (Lipinski definition) is 2. The van der Waals surface area contributed by atoms with Crippen molar-refractivity contribution in [2.45, 2.75) is 6.92 Å². The molecule has 0 aliphatic heterocycles. The molecule has 3 rings (SSSR count). The molecule has 2 N–H and O–H groups in total. The van der Waals surface area contributed by atoms with E-state index in [0.29, 0.717) is 5.75 Å². The molecule has 9 heteroatoms. The first-order chi connectivity index (χ1) is 12.4. The van der Waals surface area contributed by atoms with Crippen LogP contribution in [0, 0.1) is 17.0 Å². The molecule has 1 amide bonds. The maximum atomic E-state index is 12.2. The average Bonchev–Trinajstić information content (AvgIpc) is 3.03. The number of ether oxygens (including phenoxy) is 1. The van der Waals surface area contributed by atoms with Crippen molar-refractivity contribution in [2.24, 2.45) is 0 Å². The number of benzene rings is 2. The molecule has 0 fully saturated rings. The number of hydrogen-bond acceptors (Lipinski definition) is 5. The number of aromatic nitrogens is 2. The number of H-pyrrole nitrogens is 1. The standard InChI is InChI=1S/C17H13ClN4O4/c1-10-4-2-3-5-15(10)26-13-7-11(6-12(8-13)22(24)25)20-17(23)16-14(18)9-19-21-16/h2-9H,1H3,(H,19,21)(H,20,23). The Morgan fingerprint density at radius 1 is 1.31 bits per heavy atom. The van der Waals surface area contributed by atoms with Crippen LogP contribution in [0.3, 0.4) is 0 Å². The molecule has 1 heterocycles. The molecule has 8 nitrogen and oxygen atoms in total. The Morgan fingerprint density at radius 2 is 2.08 bits per heavy atom. The summed E-state index contributed by atoms with van der Waals surface area (Å²) in [6.07, 6.45) is 1.29. The number of para-hydroxylation sites is 1. The summed E-state index contributed by atoms with van der Waals surface area (Å²) in [5.74, 6) is 0.205. The number of aryl methyl sites for hydroxylation is 1. The van der Waals surface area contributed by atoms with Crippen molar-refractivity contribution in [1.29, 1.82) is 0 Å². The summed E-state index contributed by atoms with van der Waals surface area (Å²) in [7, 11) is 0. The summed E-state index contributed by atoms with van der Waals surface area (Å²) >= 11 is 5.85. The van der Waals surface area contributed by atoms with E-state index in [0.717, 1.165) is 5.56 Å². The van der Waals surface area contributed by atoms with Crippen LogP contribution in [0.15, 0.2) is 48.7 Å². The molecule has 26 heavy (non-hydrogen) atoms. The number of amides is 1. The van der Waals surface area contributed by atoms with Gasteiger partial charge in [-0.1, -0.05) is 29.8 Å². The van der Waals surface area contributed by atoms with Crippen LogP contribution in [0.25, 0.3) is 0 Å². The second-order valence-corrected chi connectivity index (χ2v) is 5.79. The van der Waals surface area contributed by atoms with Crippen LogP contribution in [0.2, 0.25) is 5.02 Å². The van der Waals surface area contributed by atoms with E-state index in [2.05, 4.69) is 15.5 Å². The highest BCUT2D eigenvalue weighted by molar-refractivity contribution is 6.34. The molecule has 0 atom stereocenters. The van der Waals surface area contributed by atoms with Gasteiger partial charge in [-0.2, -0.15) is 5.10 Å². The first-order valence-electron chi connectivity index (χ1n) is 7.47. The molecule has 0 bridgehead atoms. The topological polar surface area (TPSA) is 110 Å². The summed E-state index contributed by atoms with van der Waals surface area (Å²) in [5, 5.41) is 20.0. The second kappa shape index (κ2) is 7.24. The second-order valence-electron chi connectivity index (χ2n) is 5.39. The van der Waals surface area contributed by atoms with Crippen molar-refractivity contribution in [3.05, 3.63) is 75.1 Å². The van der Waals surface area contributed by atoms with Gasteiger partial charge in [0.2, 0.25) is 0 Å². The maximum absolute atomic E-state index is 12.2. The zero-order chi connectivity index (χ0) is 18.7. The van der Waals surface area contributed by atoms with Crippen molar-refractivity contribution >= 4 is 28.9 Å². The van der Waals surface area contributed by atoms with Crippen LogP contribution in [0.1, 0.15) is 16.1 Å². The van der Waals surface area contributed by atoms with Crippen molar-refractivity contribution < 1.29 is 14.5 Å². The van der Waals surface area contributed by atoms with Gasteiger partial charge < -0.3 is 10.1 Å². The number of halogens is 1. The third-order valence-corrected chi connectivity index (χ3v) is 3.79. The fraction of sp³-hybridized carbons (Fsp3) is 0.0588. The van der Waals surface area contributed by atoms with Crippen molar-refractivity contribution in [2.75, 3.05) is 5.32 Å². The SMILES string of the molecule is Cc1ccccc1Oc1cc(NC(=O)c2[nH]ncc2Cl)cc([N+](=O)[O-])c1. The van der Waals surface area contributed by atoms with E-state index in [4.69, 9.17) is 16.3 Å². The van der Waals surface area contributed by atoms with E-state index in [-0.39, 0.29) is 27.8 Å². The molecular weight excluding hydrogens is 360 g/mol. The Hall–Kier alpha value is -3.39. The van der Waals surface area contributed by atoms with Crippen LogP contribution in [0.5, 0.6) is 11.5 Å². The first-order valence-corrected chi connectivity index (χ1v) is 7.85. The van der Waals surface area contributed by atoms with Crippen molar-refractivity contribution in [1.82, 2.24) is 10.2 Å². The lowest BCUT2D eigenvalue weighted by molar-refractivity contribution is -0.384. The lowest BCUT2D eigenvalue weighted by Gasteiger charge is -2.10. The summed E-state index contributed by atoms with van der Waals surface area (Å²) in [6.45, 7) is 1.86. The molecule has 0 aliphatic carbocycles. The predicted molar refractivity (Wildman–Crippen MR) is 95.9 cm³/mol. The van der Waals surface area contributed by atoms with Crippen LogP contribution in [0.4, 0.5) is 11.4 Å². The highest BCUT2D eigenvalue weighted by atomic mass is 35.5. The number of nitrogens with zero attached hydrogens (tertiary/aromatic N) is 2. The first kappa shape index (κ1) is 17.4. The van der Waals surface area contributed by atoms with E-state index in [1.54, 1.807) is 12.1 Å². The third kappa shape index (κ3) is 3.81. The van der Waals surface area contributed by atoms with Crippen molar-refractivity contribution in [3.63, 3.8) is 0 Å². The van der Waals surface area contributed by atoms with Crippen LogP contribution in [-0.4, -0.2) is 21.0 Å². The number of nitrogens with one attached hydrogen (secondary N) is 2. The summed E-state index contributed by atoms with van der Waals surface area (Å²) in [4.78, 5) is 22.9. The number of anilines is 1. The molecule has 0 saturated carbocycles. The Morgan fingerprint density at radius 3 is 2.73 bits per heavy atom. The molecule has 0 radical (unpaired) electrons. The summed E-state index contributed by atoms with van der Waals surface area (Å²) < 4.78 is 5.73. The zero-order valence-corrected chi connectivity index (χ0v) is 14.3. The molecule has 2 aromatic carbocycles. The Kier molecular flexibility index (Phi) is 4.85. The number of carbonyl (C=O) groups is 1. The minimum atomic E-state index is -0.574. The van der Waals surface area contributed by atoms with Crippen LogP contribution < -0.4 is 10.1 Å². The van der Waals surface area contributed by atoms with Gasteiger partial charge in [-0.25, -0.2) is 0 Å². The Bertz CT molecular complexity index is 986. The largest absolute Gasteiger partial charge is 0.457 e. The molecule has 132 valence electrons. The number of carbonyl (C=O) groups excluding carboxylic acids is 1. The minimum absolute atomic E-state index is 0.0551. The van der Waals surface area contributed by atoms with Crippen molar-refractivity contribution in [3.8, 4) is 11.5 Å². The Labute approximate surface area is 152 Å². The lowest BCUT2D eigenvalue weighted by atomic mass is 10.2. The third-order valence-electron chi connectivity index (χ3n) is 3.50. The van der Waals surface area contributed by atoms with Gasteiger partial charge in [-0.05, 0) is 18.6 Å². The molecule has 0 aliphatic rings. The van der Waals surface area contributed by atoms with Gasteiger partial charge in [-0.3, -0.25) is 20.0 Å². The number of nitro benzene ring substituents is 1. The van der Waals surface area contributed by atoms with E-state index in [1.165, 1.54) is 24.4 Å². The number of rotatable bonds is 5. The normalized spacial score (nSPS) is 10.4. The molecule has 0 spiro atoms. The molecule has 1 aromatic heterocycles. The van der Waals surface area contributed by atoms with E-state index >= 15 is 0 Å². The molecule has 0 unspecified atom stereocenters. The van der Waals surface area contributed by atoms with E-state index in [1.807, 2.05) is 19.1 Å². The Balaban J connectivity index is 1.91. The zero-order valence-electron chi connectivity index (χ0n) is 13.5. The van der Waals surface area contributed by atoms with Crippen LogP contribution >= 0.6 is 11.6 Å². The molecular formula is C17H13ClN4O4. The molecule has 3 aromatic rings. The fourth-order valence-corrected chi connectivity index (χ4v) is 2.42. The maximum Gasteiger partial charge on any atom is 0.275 e.